The van der Waals surface area contributed by atoms with Gasteiger partial charge in [-0.3, -0.25) is 0 Å². The van der Waals surface area contributed by atoms with E-state index >= 15 is 0 Å². The van der Waals surface area contributed by atoms with E-state index in [-0.39, 0.29) is 16.5 Å². The second kappa shape index (κ2) is 4.37. The van der Waals surface area contributed by atoms with Crippen molar-refractivity contribution in [3.8, 4) is 5.75 Å². The second-order valence-electron chi connectivity index (χ2n) is 3.11. The van der Waals surface area contributed by atoms with E-state index in [1.807, 2.05) is 0 Å². The zero-order valence-electron chi connectivity index (χ0n) is 8.11. The molecule has 1 unspecified atom stereocenters. The Bertz CT molecular complexity index is 394. The molecule has 7 heteroatoms. The van der Waals surface area contributed by atoms with Crippen LogP contribution in [0, 0.1) is 5.82 Å². The maximum atomic E-state index is 12.8. The Morgan fingerprint density at radius 1 is 1.38 bits per heavy atom. The third-order valence-electron chi connectivity index (χ3n) is 1.82. The van der Waals surface area contributed by atoms with E-state index in [1.165, 1.54) is 0 Å². The molecule has 1 rings (SSSR count). The van der Waals surface area contributed by atoms with Gasteiger partial charge in [0.15, 0.2) is 6.10 Å². The van der Waals surface area contributed by atoms with Crippen LogP contribution in [0.15, 0.2) is 12.1 Å². The van der Waals surface area contributed by atoms with E-state index in [2.05, 4.69) is 4.74 Å². The first-order valence-corrected chi connectivity index (χ1v) is 4.57. The topological polar surface area (TPSA) is 35.2 Å². The lowest BCUT2D eigenvalue weighted by atomic mass is 10.3. The molecule has 1 atom stereocenters. The quantitative estimate of drug-likeness (QED) is 0.651. The van der Waals surface area contributed by atoms with E-state index in [9.17, 15) is 17.6 Å². The molecule has 0 spiro atoms. The molecule has 0 bridgehead atoms. The molecule has 0 aliphatic carbocycles. The summed E-state index contributed by atoms with van der Waals surface area (Å²) in [6.45, 7) is 0.816. The number of ether oxygens (including phenoxy) is 1. The van der Waals surface area contributed by atoms with E-state index in [4.69, 9.17) is 17.3 Å². The molecule has 0 heterocycles. The lowest BCUT2D eigenvalue weighted by molar-refractivity contribution is -0.189. The molecule has 0 aliphatic rings. The predicted octanol–water partition coefficient (Wildman–Crippen LogP) is 3.39. The molecular formula is C9H8ClF4NO. The Morgan fingerprint density at radius 3 is 2.44 bits per heavy atom. The Kier molecular flexibility index (Phi) is 3.52. The van der Waals surface area contributed by atoms with Gasteiger partial charge in [-0.2, -0.15) is 13.2 Å². The third kappa shape index (κ3) is 2.91. The summed E-state index contributed by atoms with van der Waals surface area (Å²) in [5.74, 6) is -1.11. The number of nitrogen functional groups attached to an aromatic ring is 1. The molecule has 0 radical (unpaired) electrons. The highest BCUT2D eigenvalue weighted by Crippen LogP contribution is 2.32. The summed E-state index contributed by atoms with van der Waals surface area (Å²) in [5.41, 5.74) is 5.05. The minimum atomic E-state index is -4.52. The lowest BCUT2D eigenvalue weighted by Gasteiger charge is -2.18. The van der Waals surface area contributed by atoms with Gasteiger partial charge in [-0.1, -0.05) is 11.6 Å². The van der Waals surface area contributed by atoms with Crippen LogP contribution in [0.3, 0.4) is 0 Å². The molecule has 0 aromatic heterocycles. The van der Waals surface area contributed by atoms with E-state index in [0.29, 0.717) is 0 Å². The molecule has 1 aromatic rings. The maximum Gasteiger partial charge on any atom is 0.425 e. The Balaban J connectivity index is 2.94. The smallest absolute Gasteiger partial charge is 0.425 e. The van der Waals surface area contributed by atoms with Gasteiger partial charge in [-0.15, -0.1) is 0 Å². The van der Waals surface area contributed by atoms with Crippen molar-refractivity contribution in [3.63, 3.8) is 0 Å². The summed E-state index contributed by atoms with van der Waals surface area (Å²) in [6, 6.07) is 1.72. The molecule has 1 aromatic carbocycles. The number of benzene rings is 1. The fraction of sp³-hybridized carbons (Fsp3) is 0.333. The van der Waals surface area contributed by atoms with Gasteiger partial charge in [0.05, 0.1) is 10.7 Å². The maximum absolute atomic E-state index is 12.8. The summed E-state index contributed by atoms with van der Waals surface area (Å²) in [4.78, 5) is 0. The van der Waals surface area contributed by atoms with Crippen LogP contribution in [0.2, 0.25) is 5.02 Å². The van der Waals surface area contributed by atoms with Gasteiger partial charge in [0.2, 0.25) is 0 Å². The summed E-state index contributed by atoms with van der Waals surface area (Å²) >= 11 is 5.39. The van der Waals surface area contributed by atoms with Crippen LogP contribution in [-0.4, -0.2) is 12.3 Å². The largest absolute Gasteiger partial charge is 0.479 e. The minimum Gasteiger partial charge on any atom is -0.479 e. The zero-order valence-corrected chi connectivity index (χ0v) is 8.86. The van der Waals surface area contributed by atoms with E-state index < -0.39 is 18.1 Å². The molecule has 0 saturated carbocycles. The van der Waals surface area contributed by atoms with Gasteiger partial charge in [0, 0.05) is 12.1 Å². The first-order chi connectivity index (χ1) is 7.21. The lowest BCUT2D eigenvalue weighted by Crippen LogP contribution is -2.31. The summed E-state index contributed by atoms with van der Waals surface area (Å²) in [5, 5.41) is -0.349. The third-order valence-corrected chi connectivity index (χ3v) is 2.11. The number of halogens is 5. The van der Waals surface area contributed by atoms with Crippen LogP contribution < -0.4 is 10.5 Å². The van der Waals surface area contributed by atoms with Gasteiger partial charge < -0.3 is 10.5 Å². The molecule has 90 valence electrons. The monoisotopic (exact) mass is 257 g/mol. The molecule has 0 fully saturated rings. The highest BCUT2D eigenvalue weighted by molar-refractivity contribution is 6.31. The highest BCUT2D eigenvalue weighted by atomic mass is 35.5. The molecule has 2 nitrogen and oxygen atoms in total. The summed E-state index contributed by atoms with van der Waals surface area (Å²) in [7, 11) is 0. The standard InChI is InChI=1S/C9H8ClF4NO/c1-4(9(12,13)14)16-8-2-5(10)6(11)3-7(8)15/h2-4H,15H2,1H3. The Labute approximate surface area is 93.9 Å². The number of nitrogens with two attached hydrogens (primary N) is 1. The van der Waals surface area contributed by atoms with E-state index in [0.717, 1.165) is 19.1 Å². The van der Waals surface area contributed by atoms with Crippen molar-refractivity contribution < 1.29 is 22.3 Å². The van der Waals surface area contributed by atoms with Crippen molar-refractivity contribution in [1.82, 2.24) is 0 Å². The molecular weight excluding hydrogens is 250 g/mol. The van der Waals surface area contributed by atoms with Crippen LogP contribution in [0.4, 0.5) is 23.2 Å². The number of hydrogen-bond acceptors (Lipinski definition) is 2. The minimum absolute atomic E-state index is 0.238. The van der Waals surface area contributed by atoms with Gasteiger partial charge in [-0.25, -0.2) is 4.39 Å². The van der Waals surface area contributed by atoms with Crippen molar-refractivity contribution >= 4 is 17.3 Å². The van der Waals surface area contributed by atoms with Gasteiger partial charge in [0.25, 0.3) is 0 Å². The van der Waals surface area contributed by atoms with Crippen molar-refractivity contribution in [2.75, 3.05) is 5.73 Å². The number of anilines is 1. The first-order valence-electron chi connectivity index (χ1n) is 4.19. The summed E-state index contributed by atoms with van der Waals surface area (Å²) < 4.78 is 53.9. The van der Waals surface area contributed by atoms with Crippen LogP contribution in [-0.2, 0) is 0 Å². The molecule has 2 N–H and O–H groups in total. The van der Waals surface area contributed by atoms with Crippen LogP contribution >= 0.6 is 11.6 Å². The van der Waals surface area contributed by atoms with Crippen molar-refractivity contribution in [2.45, 2.75) is 19.2 Å². The molecule has 0 aliphatic heterocycles. The number of hydrogen-bond donors (Lipinski definition) is 1. The van der Waals surface area contributed by atoms with E-state index in [1.54, 1.807) is 0 Å². The van der Waals surface area contributed by atoms with Crippen LogP contribution in [0.25, 0.3) is 0 Å². The van der Waals surface area contributed by atoms with Crippen molar-refractivity contribution in [2.24, 2.45) is 0 Å². The van der Waals surface area contributed by atoms with Gasteiger partial charge in [-0.05, 0) is 6.92 Å². The zero-order chi connectivity index (χ0) is 12.5. The fourth-order valence-electron chi connectivity index (χ4n) is 0.903. The number of alkyl halides is 3. The molecule has 0 amide bonds. The Hall–Kier alpha value is -1.17. The first kappa shape index (κ1) is 12.9. The van der Waals surface area contributed by atoms with Gasteiger partial charge in [0.1, 0.15) is 11.6 Å². The second-order valence-corrected chi connectivity index (χ2v) is 3.51. The van der Waals surface area contributed by atoms with Crippen LogP contribution in [0.1, 0.15) is 6.92 Å². The Morgan fingerprint density at radius 2 is 1.94 bits per heavy atom. The molecule has 16 heavy (non-hydrogen) atoms. The van der Waals surface area contributed by atoms with Gasteiger partial charge >= 0.3 is 6.18 Å². The number of rotatable bonds is 2. The summed E-state index contributed by atoms with van der Waals surface area (Å²) in [6.07, 6.45) is -6.57. The average molecular weight is 258 g/mol. The SMILES string of the molecule is CC(Oc1cc(Cl)c(F)cc1N)C(F)(F)F. The highest BCUT2D eigenvalue weighted by Gasteiger charge is 2.38. The fourth-order valence-corrected chi connectivity index (χ4v) is 1.06. The predicted molar refractivity (Wildman–Crippen MR) is 52.0 cm³/mol. The van der Waals surface area contributed by atoms with Crippen LogP contribution in [0.5, 0.6) is 5.75 Å². The molecule has 0 saturated heterocycles. The average Bonchev–Trinajstić information content (AvgIpc) is 2.12. The van der Waals surface area contributed by atoms with Crippen molar-refractivity contribution in [3.05, 3.63) is 23.0 Å². The normalized spacial score (nSPS) is 13.6. The van der Waals surface area contributed by atoms with Crippen molar-refractivity contribution in [1.29, 1.82) is 0 Å².